The van der Waals surface area contributed by atoms with Gasteiger partial charge in [-0.05, 0) is 43.5 Å². The van der Waals surface area contributed by atoms with Gasteiger partial charge in [-0.25, -0.2) is 0 Å². The number of carbonyl (C=O) groups is 1. The van der Waals surface area contributed by atoms with E-state index in [1.54, 1.807) is 0 Å². The Labute approximate surface area is 156 Å². The van der Waals surface area contributed by atoms with Crippen molar-refractivity contribution in [2.75, 3.05) is 6.54 Å². The summed E-state index contributed by atoms with van der Waals surface area (Å²) in [6, 6.07) is 8.37. The third-order valence-electron chi connectivity index (χ3n) is 5.26. The molecule has 142 valence electrons. The van der Waals surface area contributed by atoms with Gasteiger partial charge in [-0.15, -0.1) is 0 Å². The first-order valence-electron chi connectivity index (χ1n) is 10.3. The summed E-state index contributed by atoms with van der Waals surface area (Å²) in [6.07, 6.45) is 10.8. The van der Waals surface area contributed by atoms with E-state index in [4.69, 9.17) is 4.42 Å². The van der Waals surface area contributed by atoms with Gasteiger partial charge in [0.25, 0.3) is 0 Å². The maximum atomic E-state index is 12.1. The molecule has 1 saturated heterocycles. The van der Waals surface area contributed by atoms with Crippen molar-refractivity contribution >= 4 is 16.9 Å². The molecule has 0 radical (unpaired) electrons. The molecule has 4 heteroatoms. The van der Waals surface area contributed by atoms with Crippen molar-refractivity contribution < 1.29 is 9.21 Å². The Morgan fingerprint density at radius 2 is 2.04 bits per heavy atom. The summed E-state index contributed by atoms with van der Waals surface area (Å²) in [5.41, 5.74) is 2.01. The average molecular weight is 357 g/mol. The van der Waals surface area contributed by atoms with Crippen LogP contribution in [0.25, 0.3) is 11.0 Å². The van der Waals surface area contributed by atoms with Crippen LogP contribution in [0.2, 0.25) is 0 Å². The lowest BCUT2D eigenvalue weighted by atomic mass is 10.1. The lowest BCUT2D eigenvalue weighted by Crippen LogP contribution is -2.39. The molecule has 2 heterocycles. The molecule has 3 rings (SSSR count). The number of carbonyl (C=O) groups excluding carboxylic acids is 1. The number of benzene rings is 1. The minimum absolute atomic E-state index is 0.0220. The highest BCUT2D eigenvalue weighted by Gasteiger charge is 2.21. The predicted molar refractivity (Wildman–Crippen MR) is 106 cm³/mol. The van der Waals surface area contributed by atoms with Gasteiger partial charge in [0.2, 0.25) is 5.91 Å². The summed E-state index contributed by atoms with van der Waals surface area (Å²) in [7, 11) is 0. The molecule has 1 aliphatic heterocycles. The minimum atomic E-state index is -0.0220. The van der Waals surface area contributed by atoms with Crippen molar-refractivity contribution in [3.8, 4) is 0 Å². The number of aryl methyl sites for hydroxylation is 1. The van der Waals surface area contributed by atoms with E-state index in [-0.39, 0.29) is 11.9 Å². The number of hydrogen-bond donors (Lipinski definition) is 2. The SMILES string of the molecule is CCCCCCCCc1cc2ccc(CNC(=O)C3CCCN3)cc2o1. The molecule has 1 aliphatic rings. The highest BCUT2D eigenvalue weighted by atomic mass is 16.3. The Morgan fingerprint density at radius 1 is 1.19 bits per heavy atom. The number of furan rings is 1. The standard InChI is InChI=1S/C22H32N2O2/c1-2-3-4-5-6-7-9-19-15-18-12-11-17(14-21(18)26-19)16-24-22(25)20-10-8-13-23-20/h11-12,14-15,20,23H,2-10,13,16H2,1H3,(H,24,25). The zero-order valence-corrected chi connectivity index (χ0v) is 16.0. The Morgan fingerprint density at radius 3 is 2.85 bits per heavy atom. The maximum Gasteiger partial charge on any atom is 0.237 e. The van der Waals surface area contributed by atoms with Gasteiger partial charge in [-0.2, -0.15) is 0 Å². The van der Waals surface area contributed by atoms with E-state index in [9.17, 15) is 4.79 Å². The third-order valence-corrected chi connectivity index (χ3v) is 5.26. The van der Waals surface area contributed by atoms with Crippen LogP contribution in [-0.2, 0) is 17.8 Å². The summed E-state index contributed by atoms with van der Waals surface area (Å²) >= 11 is 0. The van der Waals surface area contributed by atoms with Gasteiger partial charge in [-0.1, -0.05) is 51.2 Å². The fourth-order valence-electron chi connectivity index (χ4n) is 3.66. The molecule has 0 aliphatic carbocycles. The predicted octanol–water partition coefficient (Wildman–Crippen LogP) is 4.70. The molecule has 2 aromatic rings. The van der Waals surface area contributed by atoms with E-state index in [0.717, 1.165) is 48.1 Å². The number of hydrogen-bond acceptors (Lipinski definition) is 3. The molecule has 1 atom stereocenters. The lowest BCUT2D eigenvalue weighted by Gasteiger charge is -2.10. The van der Waals surface area contributed by atoms with Crippen LogP contribution in [0.4, 0.5) is 0 Å². The summed E-state index contributed by atoms with van der Waals surface area (Å²) in [5, 5.41) is 7.41. The monoisotopic (exact) mass is 356 g/mol. The molecule has 0 saturated carbocycles. The van der Waals surface area contributed by atoms with Crippen molar-refractivity contribution in [2.24, 2.45) is 0 Å². The Kier molecular flexibility index (Phi) is 7.13. The van der Waals surface area contributed by atoms with E-state index < -0.39 is 0 Å². The third kappa shape index (κ3) is 5.34. The van der Waals surface area contributed by atoms with Crippen molar-refractivity contribution in [1.82, 2.24) is 10.6 Å². The molecule has 4 nitrogen and oxygen atoms in total. The molecule has 2 N–H and O–H groups in total. The summed E-state index contributed by atoms with van der Waals surface area (Å²) < 4.78 is 6.02. The van der Waals surface area contributed by atoms with Crippen LogP contribution in [-0.4, -0.2) is 18.5 Å². The first-order chi connectivity index (χ1) is 12.8. The van der Waals surface area contributed by atoms with Gasteiger partial charge < -0.3 is 15.1 Å². The van der Waals surface area contributed by atoms with Crippen LogP contribution in [0, 0.1) is 0 Å². The summed E-state index contributed by atoms with van der Waals surface area (Å²) in [5.74, 6) is 1.18. The smallest absolute Gasteiger partial charge is 0.237 e. The maximum absolute atomic E-state index is 12.1. The van der Waals surface area contributed by atoms with Gasteiger partial charge in [0, 0.05) is 18.4 Å². The van der Waals surface area contributed by atoms with E-state index in [2.05, 4.69) is 41.8 Å². The number of unbranched alkanes of at least 4 members (excludes halogenated alkanes) is 5. The molecular formula is C22H32N2O2. The van der Waals surface area contributed by atoms with Crippen molar-refractivity contribution in [3.63, 3.8) is 0 Å². The quantitative estimate of drug-likeness (QED) is 0.607. The van der Waals surface area contributed by atoms with Crippen LogP contribution in [0.15, 0.2) is 28.7 Å². The molecular weight excluding hydrogens is 324 g/mol. The Hall–Kier alpha value is -1.81. The first-order valence-corrected chi connectivity index (χ1v) is 10.3. The summed E-state index contributed by atoms with van der Waals surface area (Å²) in [4.78, 5) is 12.1. The largest absolute Gasteiger partial charge is 0.461 e. The highest BCUT2D eigenvalue weighted by molar-refractivity contribution is 5.82. The van der Waals surface area contributed by atoms with Gasteiger partial charge in [0.1, 0.15) is 11.3 Å². The molecule has 0 spiro atoms. The van der Waals surface area contributed by atoms with E-state index in [1.165, 1.54) is 38.5 Å². The van der Waals surface area contributed by atoms with Crippen molar-refractivity contribution in [3.05, 3.63) is 35.6 Å². The molecule has 1 aromatic carbocycles. The van der Waals surface area contributed by atoms with Crippen LogP contribution in [0.1, 0.15) is 69.6 Å². The fourth-order valence-corrected chi connectivity index (χ4v) is 3.66. The van der Waals surface area contributed by atoms with E-state index in [0.29, 0.717) is 6.54 Å². The van der Waals surface area contributed by atoms with E-state index in [1.807, 2.05) is 0 Å². The van der Waals surface area contributed by atoms with Gasteiger partial charge in [0.15, 0.2) is 0 Å². The average Bonchev–Trinajstić information content (AvgIpc) is 3.31. The zero-order chi connectivity index (χ0) is 18.2. The number of nitrogens with one attached hydrogen (secondary N) is 2. The van der Waals surface area contributed by atoms with Crippen LogP contribution < -0.4 is 10.6 Å². The molecule has 0 bridgehead atoms. The number of rotatable bonds is 10. The first kappa shape index (κ1) is 19.0. The normalized spacial score (nSPS) is 17.0. The molecule has 1 fully saturated rings. The molecule has 1 aromatic heterocycles. The lowest BCUT2D eigenvalue weighted by molar-refractivity contribution is -0.122. The second-order valence-corrected chi connectivity index (χ2v) is 7.47. The minimum Gasteiger partial charge on any atom is -0.461 e. The molecule has 1 amide bonds. The second kappa shape index (κ2) is 9.77. The number of amides is 1. The zero-order valence-electron chi connectivity index (χ0n) is 16.0. The Bertz CT molecular complexity index is 701. The molecule has 1 unspecified atom stereocenters. The molecule has 26 heavy (non-hydrogen) atoms. The van der Waals surface area contributed by atoms with Gasteiger partial charge in [0.05, 0.1) is 6.04 Å². The van der Waals surface area contributed by atoms with E-state index >= 15 is 0 Å². The highest BCUT2D eigenvalue weighted by Crippen LogP contribution is 2.22. The van der Waals surface area contributed by atoms with Crippen LogP contribution >= 0.6 is 0 Å². The Balaban J connectivity index is 1.48. The van der Waals surface area contributed by atoms with Gasteiger partial charge in [-0.3, -0.25) is 4.79 Å². The van der Waals surface area contributed by atoms with Gasteiger partial charge >= 0.3 is 0 Å². The van der Waals surface area contributed by atoms with Crippen LogP contribution in [0.3, 0.4) is 0 Å². The van der Waals surface area contributed by atoms with Crippen LogP contribution in [0.5, 0.6) is 0 Å². The van der Waals surface area contributed by atoms with Crippen molar-refractivity contribution in [1.29, 1.82) is 0 Å². The topological polar surface area (TPSA) is 54.3 Å². The van der Waals surface area contributed by atoms with Crippen molar-refractivity contribution in [2.45, 2.75) is 77.3 Å². The number of fused-ring (bicyclic) bond motifs is 1. The summed E-state index contributed by atoms with van der Waals surface area (Å²) in [6.45, 7) is 3.75. The second-order valence-electron chi connectivity index (χ2n) is 7.47. The fraction of sp³-hybridized carbons (Fsp3) is 0.591.